The van der Waals surface area contributed by atoms with Crippen LogP contribution in [-0.4, -0.2) is 4.98 Å². The van der Waals surface area contributed by atoms with Crippen LogP contribution in [0.25, 0.3) is 10.9 Å². The van der Waals surface area contributed by atoms with Gasteiger partial charge in [-0.15, -0.1) is 11.6 Å². The number of aromatic nitrogens is 1. The number of pyridine rings is 1. The van der Waals surface area contributed by atoms with Gasteiger partial charge in [0, 0.05) is 17.5 Å². The third kappa shape index (κ3) is 2.29. The number of halogens is 1. The van der Waals surface area contributed by atoms with Crippen LogP contribution >= 0.6 is 11.6 Å². The van der Waals surface area contributed by atoms with Crippen LogP contribution in [0.3, 0.4) is 0 Å². The molecule has 2 aromatic rings. The zero-order chi connectivity index (χ0) is 10.7. The van der Waals surface area contributed by atoms with Crippen molar-refractivity contribution in [2.75, 3.05) is 0 Å². The van der Waals surface area contributed by atoms with E-state index in [0.29, 0.717) is 5.88 Å². The Hall–Kier alpha value is -1.08. The zero-order valence-electron chi connectivity index (χ0n) is 8.83. The van der Waals surface area contributed by atoms with E-state index in [1.165, 1.54) is 10.9 Å². The first-order valence-electron chi connectivity index (χ1n) is 5.27. The summed E-state index contributed by atoms with van der Waals surface area (Å²) in [6.45, 7) is 2.18. The monoisotopic (exact) mass is 219 g/mol. The van der Waals surface area contributed by atoms with Crippen molar-refractivity contribution in [1.29, 1.82) is 0 Å². The van der Waals surface area contributed by atoms with Gasteiger partial charge < -0.3 is 0 Å². The highest BCUT2D eigenvalue weighted by Crippen LogP contribution is 2.17. The minimum absolute atomic E-state index is 0.563. The zero-order valence-corrected chi connectivity index (χ0v) is 9.59. The summed E-state index contributed by atoms with van der Waals surface area (Å²) in [5, 5.41) is 1.19. The second kappa shape index (κ2) is 4.63. The van der Waals surface area contributed by atoms with Gasteiger partial charge >= 0.3 is 0 Å². The first-order chi connectivity index (χ1) is 7.33. The Morgan fingerprint density at radius 3 is 2.73 bits per heavy atom. The lowest BCUT2D eigenvalue weighted by molar-refractivity contribution is 0.917. The maximum Gasteiger partial charge on any atom is 0.0702 e. The highest BCUT2D eigenvalue weighted by molar-refractivity contribution is 6.17. The summed E-state index contributed by atoms with van der Waals surface area (Å²) < 4.78 is 0. The van der Waals surface area contributed by atoms with Gasteiger partial charge in [0.2, 0.25) is 0 Å². The Bertz CT molecular complexity index is 465. The minimum Gasteiger partial charge on any atom is -0.256 e. The molecule has 0 fully saturated rings. The molecule has 78 valence electrons. The van der Waals surface area contributed by atoms with Crippen LogP contribution < -0.4 is 0 Å². The van der Waals surface area contributed by atoms with Crippen molar-refractivity contribution in [3.8, 4) is 0 Å². The van der Waals surface area contributed by atoms with Crippen LogP contribution in [0, 0.1) is 0 Å². The van der Waals surface area contributed by atoms with Gasteiger partial charge in [-0.25, -0.2) is 0 Å². The first kappa shape index (κ1) is 10.4. The molecule has 1 aromatic carbocycles. The smallest absolute Gasteiger partial charge is 0.0702 e. The largest absolute Gasteiger partial charge is 0.256 e. The molecule has 0 saturated heterocycles. The Morgan fingerprint density at radius 2 is 2.00 bits per heavy atom. The van der Waals surface area contributed by atoms with Gasteiger partial charge in [-0.2, -0.15) is 0 Å². The van der Waals surface area contributed by atoms with E-state index in [-0.39, 0.29) is 0 Å². The fourth-order valence-electron chi connectivity index (χ4n) is 1.74. The van der Waals surface area contributed by atoms with Crippen LogP contribution in [0.1, 0.15) is 24.5 Å². The number of fused-ring (bicyclic) bond motifs is 1. The second-order valence-electron chi connectivity index (χ2n) is 3.75. The number of alkyl halides is 1. The normalized spacial score (nSPS) is 10.8. The quantitative estimate of drug-likeness (QED) is 0.713. The number of rotatable bonds is 3. The maximum absolute atomic E-state index is 5.81. The Labute approximate surface area is 95.1 Å². The fraction of sp³-hybridized carbons (Fsp3) is 0.308. The molecule has 2 heteroatoms. The standard InChI is InChI=1S/C13H14ClN/c1-2-3-11-7-12-6-10(8-14)4-5-13(12)15-9-11/h4-7,9H,2-3,8H2,1H3. The molecule has 2 rings (SSSR count). The van der Waals surface area contributed by atoms with Crippen molar-refractivity contribution >= 4 is 22.5 Å². The lowest BCUT2D eigenvalue weighted by atomic mass is 10.1. The summed E-state index contributed by atoms with van der Waals surface area (Å²) >= 11 is 5.81. The van der Waals surface area contributed by atoms with Gasteiger partial charge in [0.25, 0.3) is 0 Å². The predicted molar refractivity (Wildman–Crippen MR) is 65.3 cm³/mol. The van der Waals surface area contributed by atoms with E-state index in [9.17, 15) is 0 Å². The second-order valence-corrected chi connectivity index (χ2v) is 4.02. The molecule has 0 aliphatic rings. The summed E-state index contributed by atoms with van der Waals surface area (Å²) in [5.41, 5.74) is 3.50. The average Bonchev–Trinajstić information content (AvgIpc) is 2.28. The Morgan fingerprint density at radius 1 is 1.20 bits per heavy atom. The van der Waals surface area contributed by atoms with Crippen molar-refractivity contribution in [1.82, 2.24) is 4.98 Å². The molecular weight excluding hydrogens is 206 g/mol. The van der Waals surface area contributed by atoms with Crippen molar-refractivity contribution in [2.24, 2.45) is 0 Å². The molecule has 0 unspecified atom stereocenters. The van der Waals surface area contributed by atoms with Gasteiger partial charge in [0.15, 0.2) is 0 Å². The lowest BCUT2D eigenvalue weighted by Crippen LogP contribution is -1.87. The number of hydrogen-bond donors (Lipinski definition) is 0. The molecule has 1 heterocycles. The molecule has 0 aliphatic heterocycles. The van der Waals surface area contributed by atoms with Crippen molar-refractivity contribution < 1.29 is 0 Å². The molecule has 0 aliphatic carbocycles. The molecule has 0 spiro atoms. The molecule has 0 atom stereocenters. The van der Waals surface area contributed by atoms with Gasteiger partial charge in [-0.1, -0.05) is 19.4 Å². The van der Waals surface area contributed by atoms with Crippen LogP contribution in [0.5, 0.6) is 0 Å². The van der Waals surface area contributed by atoms with Crippen LogP contribution in [-0.2, 0) is 12.3 Å². The summed E-state index contributed by atoms with van der Waals surface area (Å²) in [6, 6.07) is 8.39. The summed E-state index contributed by atoms with van der Waals surface area (Å²) in [6.07, 6.45) is 4.21. The van der Waals surface area contributed by atoms with Crippen LogP contribution in [0.4, 0.5) is 0 Å². The van der Waals surface area contributed by atoms with E-state index in [2.05, 4.69) is 24.0 Å². The van der Waals surface area contributed by atoms with E-state index in [1.54, 1.807) is 0 Å². The average molecular weight is 220 g/mol. The predicted octanol–water partition coefficient (Wildman–Crippen LogP) is 3.93. The summed E-state index contributed by atoms with van der Waals surface area (Å²) in [7, 11) is 0. The highest BCUT2D eigenvalue weighted by atomic mass is 35.5. The summed E-state index contributed by atoms with van der Waals surface area (Å²) in [4.78, 5) is 4.43. The SMILES string of the molecule is CCCc1cnc2ccc(CCl)cc2c1. The van der Waals surface area contributed by atoms with Crippen molar-refractivity contribution in [3.63, 3.8) is 0 Å². The van der Waals surface area contributed by atoms with Gasteiger partial charge in [0.1, 0.15) is 0 Å². The lowest BCUT2D eigenvalue weighted by Gasteiger charge is -2.03. The number of benzene rings is 1. The molecule has 1 nitrogen and oxygen atoms in total. The van der Waals surface area contributed by atoms with Gasteiger partial charge in [-0.3, -0.25) is 4.98 Å². The van der Waals surface area contributed by atoms with Crippen molar-refractivity contribution in [2.45, 2.75) is 25.6 Å². The molecule has 1 aromatic heterocycles. The molecule has 0 N–H and O–H groups in total. The molecule has 0 bridgehead atoms. The van der Waals surface area contributed by atoms with E-state index < -0.39 is 0 Å². The third-order valence-electron chi connectivity index (χ3n) is 2.50. The minimum atomic E-state index is 0.563. The number of aryl methyl sites for hydroxylation is 1. The number of nitrogens with zero attached hydrogens (tertiary/aromatic N) is 1. The highest BCUT2D eigenvalue weighted by Gasteiger charge is 1.99. The maximum atomic E-state index is 5.81. The van der Waals surface area contributed by atoms with E-state index >= 15 is 0 Å². The van der Waals surface area contributed by atoms with Gasteiger partial charge in [-0.05, 0) is 35.7 Å². The van der Waals surface area contributed by atoms with Crippen LogP contribution in [0.2, 0.25) is 0 Å². The van der Waals surface area contributed by atoms with Crippen molar-refractivity contribution in [3.05, 3.63) is 41.6 Å². The van der Waals surface area contributed by atoms with E-state index in [0.717, 1.165) is 23.9 Å². The summed E-state index contributed by atoms with van der Waals surface area (Å²) in [5.74, 6) is 0.563. The third-order valence-corrected chi connectivity index (χ3v) is 2.80. The molecule has 0 amide bonds. The van der Waals surface area contributed by atoms with E-state index in [4.69, 9.17) is 11.6 Å². The Kier molecular flexibility index (Phi) is 3.22. The molecule has 0 saturated carbocycles. The first-order valence-corrected chi connectivity index (χ1v) is 5.80. The van der Waals surface area contributed by atoms with Gasteiger partial charge in [0.05, 0.1) is 5.52 Å². The Balaban J connectivity index is 2.48. The molecule has 15 heavy (non-hydrogen) atoms. The fourth-order valence-corrected chi connectivity index (χ4v) is 1.90. The van der Waals surface area contributed by atoms with Crippen LogP contribution in [0.15, 0.2) is 30.5 Å². The molecular formula is C13H14ClN. The van der Waals surface area contributed by atoms with E-state index in [1.807, 2.05) is 18.3 Å². The molecule has 0 radical (unpaired) electrons. The number of hydrogen-bond acceptors (Lipinski definition) is 1. The topological polar surface area (TPSA) is 12.9 Å².